The number of ether oxygens (including phenoxy) is 2. The van der Waals surface area contributed by atoms with E-state index in [-0.39, 0.29) is 0 Å². The van der Waals surface area contributed by atoms with Gasteiger partial charge in [-0.05, 0) is 54.7 Å². The van der Waals surface area contributed by atoms with Crippen LogP contribution in [0.4, 0.5) is 0 Å². The van der Waals surface area contributed by atoms with Crippen molar-refractivity contribution in [1.29, 1.82) is 0 Å². The number of hydrogen-bond donors (Lipinski definition) is 0. The van der Waals surface area contributed by atoms with Gasteiger partial charge in [0.05, 0.1) is 19.5 Å². The second-order valence-corrected chi connectivity index (χ2v) is 9.12. The van der Waals surface area contributed by atoms with Gasteiger partial charge in [-0.15, -0.1) is 6.58 Å². The van der Waals surface area contributed by atoms with Crippen LogP contribution in [-0.4, -0.2) is 32.2 Å². The molecule has 2 aromatic rings. The summed E-state index contributed by atoms with van der Waals surface area (Å²) in [4.78, 5) is 0. The smallest absolute Gasteiger partial charge is 0.217 e. The van der Waals surface area contributed by atoms with E-state index in [1.807, 2.05) is 55.5 Å². The summed E-state index contributed by atoms with van der Waals surface area (Å²) in [5, 5.41) is -0.433. The number of rotatable bonds is 12. The molecule has 0 amide bonds. The van der Waals surface area contributed by atoms with Crippen molar-refractivity contribution in [1.82, 2.24) is 4.31 Å². The quantitative estimate of drug-likeness (QED) is 0.466. The molecule has 0 aromatic heterocycles. The summed E-state index contributed by atoms with van der Waals surface area (Å²) in [6.07, 6.45) is 3.59. The van der Waals surface area contributed by atoms with Crippen LogP contribution in [0, 0.1) is 0 Å². The van der Waals surface area contributed by atoms with Gasteiger partial charge in [-0.3, -0.25) is 0 Å². The largest absolute Gasteiger partial charge is 0.497 e. The molecule has 2 rings (SSSR count). The molecule has 29 heavy (non-hydrogen) atoms. The van der Waals surface area contributed by atoms with Gasteiger partial charge in [0.15, 0.2) is 0 Å². The van der Waals surface area contributed by atoms with Gasteiger partial charge >= 0.3 is 0 Å². The molecule has 0 spiro atoms. The van der Waals surface area contributed by atoms with Crippen LogP contribution in [0.15, 0.2) is 61.2 Å². The van der Waals surface area contributed by atoms with Crippen LogP contribution in [0.1, 0.15) is 37.3 Å². The standard InChI is InChI=1S/C23H31NO4S/c1-5-7-8-23(6-2)29(25,26)24(17-19-9-13-21(27-3)14-10-19)18-20-11-15-22(28-4)16-12-20/h5,9-16,23H,1,6-8,17-18H2,2-4H3/t23-/m0/s1. The summed E-state index contributed by atoms with van der Waals surface area (Å²) in [6, 6.07) is 15.0. The zero-order valence-electron chi connectivity index (χ0n) is 17.5. The predicted octanol–water partition coefficient (Wildman–Crippen LogP) is 4.78. The van der Waals surface area contributed by atoms with Gasteiger partial charge in [0.1, 0.15) is 11.5 Å². The third kappa shape index (κ3) is 6.34. The Morgan fingerprint density at radius 2 is 1.38 bits per heavy atom. The van der Waals surface area contributed by atoms with E-state index < -0.39 is 15.3 Å². The molecule has 0 fully saturated rings. The zero-order valence-corrected chi connectivity index (χ0v) is 18.3. The average molecular weight is 418 g/mol. The van der Waals surface area contributed by atoms with Crippen molar-refractivity contribution < 1.29 is 17.9 Å². The lowest BCUT2D eigenvalue weighted by molar-refractivity contribution is 0.388. The van der Waals surface area contributed by atoms with Crippen molar-refractivity contribution in [3.05, 3.63) is 72.3 Å². The maximum absolute atomic E-state index is 13.5. The molecular weight excluding hydrogens is 386 g/mol. The van der Waals surface area contributed by atoms with E-state index in [2.05, 4.69) is 6.58 Å². The topological polar surface area (TPSA) is 55.8 Å². The van der Waals surface area contributed by atoms with Gasteiger partial charge in [0.25, 0.3) is 0 Å². The molecule has 5 nitrogen and oxygen atoms in total. The fraction of sp³-hybridized carbons (Fsp3) is 0.391. The molecule has 0 saturated carbocycles. The fourth-order valence-electron chi connectivity index (χ4n) is 3.18. The Hall–Kier alpha value is -2.31. The lowest BCUT2D eigenvalue weighted by atomic mass is 10.2. The van der Waals surface area contributed by atoms with Gasteiger partial charge < -0.3 is 9.47 Å². The first-order valence-electron chi connectivity index (χ1n) is 9.80. The summed E-state index contributed by atoms with van der Waals surface area (Å²) in [6.45, 7) is 6.27. The summed E-state index contributed by atoms with van der Waals surface area (Å²) in [5.74, 6) is 1.49. The third-order valence-corrected chi connectivity index (χ3v) is 7.35. The summed E-state index contributed by atoms with van der Waals surface area (Å²) in [7, 11) is -0.266. The predicted molar refractivity (Wildman–Crippen MR) is 118 cm³/mol. The molecule has 6 heteroatoms. The number of nitrogens with zero attached hydrogens (tertiary/aromatic N) is 1. The third-order valence-electron chi connectivity index (χ3n) is 4.97. The minimum Gasteiger partial charge on any atom is -0.497 e. The lowest BCUT2D eigenvalue weighted by Gasteiger charge is -2.27. The Balaban J connectivity index is 2.32. The van der Waals surface area contributed by atoms with E-state index in [1.165, 1.54) is 0 Å². The number of benzene rings is 2. The summed E-state index contributed by atoms with van der Waals surface area (Å²) in [5.41, 5.74) is 1.84. The molecule has 0 bridgehead atoms. The highest BCUT2D eigenvalue weighted by Crippen LogP contribution is 2.24. The van der Waals surface area contributed by atoms with Crippen LogP contribution >= 0.6 is 0 Å². The second-order valence-electron chi connectivity index (χ2n) is 6.91. The van der Waals surface area contributed by atoms with Crippen LogP contribution in [0.25, 0.3) is 0 Å². The highest BCUT2D eigenvalue weighted by molar-refractivity contribution is 7.89. The highest BCUT2D eigenvalue weighted by atomic mass is 32.2. The van der Waals surface area contributed by atoms with Gasteiger partial charge in [-0.2, -0.15) is 4.31 Å². The summed E-state index contributed by atoms with van der Waals surface area (Å²) < 4.78 is 38.9. The Morgan fingerprint density at radius 3 is 1.72 bits per heavy atom. The number of methoxy groups -OCH3 is 2. The molecule has 0 heterocycles. The van der Waals surface area contributed by atoms with Crippen LogP contribution in [0.2, 0.25) is 0 Å². The zero-order chi connectivity index (χ0) is 21.3. The highest BCUT2D eigenvalue weighted by Gasteiger charge is 2.30. The minimum atomic E-state index is -3.49. The van der Waals surface area contributed by atoms with E-state index in [4.69, 9.17) is 9.47 Å². The molecule has 158 valence electrons. The Labute approximate surface area is 175 Å². The van der Waals surface area contributed by atoms with E-state index in [9.17, 15) is 8.42 Å². The van der Waals surface area contributed by atoms with Crippen molar-refractivity contribution in [2.45, 2.75) is 44.5 Å². The van der Waals surface area contributed by atoms with Crippen LogP contribution in [0.3, 0.4) is 0 Å². The lowest BCUT2D eigenvalue weighted by Crippen LogP contribution is -2.37. The van der Waals surface area contributed by atoms with Crippen LogP contribution < -0.4 is 9.47 Å². The van der Waals surface area contributed by atoms with Gasteiger partial charge in [-0.1, -0.05) is 37.3 Å². The average Bonchev–Trinajstić information content (AvgIpc) is 2.74. The Kier molecular flexibility index (Phi) is 8.73. The van der Waals surface area contributed by atoms with E-state index in [1.54, 1.807) is 24.6 Å². The minimum absolute atomic E-state index is 0.308. The molecule has 0 saturated heterocycles. The van der Waals surface area contributed by atoms with Gasteiger partial charge in [0, 0.05) is 13.1 Å². The van der Waals surface area contributed by atoms with Crippen molar-refractivity contribution >= 4 is 10.0 Å². The van der Waals surface area contributed by atoms with Gasteiger partial charge in [0.2, 0.25) is 10.0 Å². The maximum Gasteiger partial charge on any atom is 0.217 e. The van der Waals surface area contributed by atoms with Gasteiger partial charge in [-0.25, -0.2) is 8.42 Å². The van der Waals surface area contributed by atoms with E-state index in [0.29, 0.717) is 32.4 Å². The second kappa shape index (κ2) is 11.0. The molecule has 0 N–H and O–H groups in total. The number of hydrogen-bond acceptors (Lipinski definition) is 4. The first-order valence-corrected chi connectivity index (χ1v) is 11.3. The van der Waals surface area contributed by atoms with Crippen LogP contribution in [-0.2, 0) is 23.1 Å². The molecule has 0 unspecified atom stereocenters. The summed E-state index contributed by atoms with van der Waals surface area (Å²) >= 11 is 0. The van der Waals surface area contributed by atoms with Crippen molar-refractivity contribution in [2.24, 2.45) is 0 Å². The molecule has 0 radical (unpaired) electrons. The SMILES string of the molecule is C=CCC[C@H](CC)S(=O)(=O)N(Cc1ccc(OC)cc1)Cc1ccc(OC)cc1. The first-order chi connectivity index (χ1) is 13.9. The van der Waals surface area contributed by atoms with Crippen molar-refractivity contribution in [2.75, 3.05) is 14.2 Å². The Bertz CT molecular complexity index is 811. The number of allylic oxidation sites excluding steroid dienone is 1. The fourth-order valence-corrected chi connectivity index (χ4v) is 5.12. The Morgan fingerprint density at radius 1 is 0.931 bits per heavy atom. The molecule has 2 aromatic carbocycles. The normalized spacial score (nSPS) is 12.6. The van der Waals surface area contributed by atoms with Crippen LogP contribution in [0.5, 0.6) is 11.5 Å². The molecule has 1 atom stereocenters. The van der Waals surface area contributed by atoms with E-state index in [0.717, 1.165) is 22.6 Å². The monoisotopic (exact) mass is 417 g/mol. The molecule has 0 aliphatic heterocycles. The van der Waals surface area contributed by atoms with E-state index >= 15 is 0 Å². The molecule has 0 aliphatic rings. The number of sulfonamides is 1. The van der Waals surface area contributed by atoms with Crippen molar-refractivity contribution in [3.63, 3.8) is 0 Å². The first kappa shape index (κ1) is 23.0. The van der Waals surface area contributed by atoms with Crippen molar-refractivity contribution in [3.8, 4) is 11.5 Å². The maximum atomic E-state index is 13.5. The molecule has 0 aliphatic carbocycles. The molecular formula is C23H31NO4S.